The quantitative estimate of drug-likeness (QED) is 0.631. The Labute approximate surface area is 67.6 Å². The van der Waals surface area contributed by atoms with Crippen molar-refractivity contribution in [1.29, 1.82) is 0 Å². The van der Waals surface area contributed by atoms with Gasteiger partial charge in [-0.2, -0.15) is 0 Å². The summed E-state index contributed by atoms with van der Waals surface area (Å²) in [4.78, 5) is 4.39. The molecule has 0 atom stereocenters. The minimum atomic E-state index is 0.994. The zero-order chi connectivity index (χ0) is 8.43. The number of hydrogen-bond donors (Lipinski definition) is 0. The fraction of sp³-hybridized carbons (Fsp3) is 0.444. The first-order valence-corrected chi connectivity index (χ1v) is 3.87. The molecule has 0 radical (unpaired) electrons. The van der Waals surface area contributed by atoms with E-state index in [0.29, 0.717) is 0 Å². The van der Waals surface area contributed by atoms with Crippen LogP contribution in [0, 0.1) is 13.8 Å². The summed E-state index contributed by atoms with van der Waals surface area (Å²) < 4.78 is 2.01. The van der Waals surface area contributed by atoms with Crippen molar-refractivity contribution in [2.24, 2.45) is 0 Å². The summed E-state index contributed by atoms with van der Waals surface area (Å²) >= 11 is 0. The third-order valence-corrected chi connectivity index (χ3v) is 1.94. The number of aryl methyl sites for hydroxylation is 2. The highest BCUT2D eigenvalue weighted by Gasteiger charge is 2.05. The van der Waals surface area contributed by atoms with Crippen LogP contribution in [-0.4, -0.2) is 9.55 Å². The van der Waals surface area contributed by atoms with E-state index in [1.54, 1.807) is 6.20 Å². The molecule has 0 spiro atoms. The molecule has 11 heavy (non-hydrogen) atoms. The maximum Gasteiger partial charge on any atom is 0.110 e. The van der Waals surface area contributed by atoms with Crippen molar-refractivity contribution in [1.82, 2.24) is 9.55 Å². The van der Waals surface area contributed by atoms with E-state index in [2.05, 4.69) is 25.4 Å². The lowest BCUT2D eigenvalue weighted by Crippen LogP contribution is -1.91. The van der Waals surface area contributed by atoms with Gasteiger partial charge in [0.1, 0.15) is 5.82 Å². The molecule has 0 aliphatic heterocycles. The minimum absolute atomic E-state index is 0.994. The second-order valence-electron chi connectivity index (χ2n) is 2.60. The fourth-order valence-electron chi connectivity index (χ4n) is 1.32. The molecule has 0 saturated heterocycles. The van der Waals surface area contributed by atoms with E-state index in [4.69, 9.17) is 0 Å². The van der Waals surface area contributed by atoms with Gasteiger partial charge in [0, 0.05) is 11.9 Å². The van der Waals surface area contributed by atoms with E-state index in [9.17, 15) is 0 Å². The van der Waals surface area contributed by atoms with E-state index in [0.717, 1.165) is 12.2 Å². The van der Waals surface area contributed by atoms with E-state index in [1.807, 2.05) is 11.5 Å². The van der Waals surface area contributed by atoms with Crippen molar-refractivity contribution >= 4 is 6.20 Å². The van der Waals surface area contributed by atoms with Crippen LogP contribution >= 0.6 is 0 Å². The predicted molar refractivity (Wildman–Crippen MR) is 47.5 cm³/mol. The molecule has 60 valence electrons. The van der Waals surface area contributed by atoms with Crippen molar-refractivity contribution in [2.45, 2.75) is 27.2 Å². The molecule has 0 aromatic carbocycles. The zero-order valence-electron chi connectivity index (χ0n) is 7.39. The summed E-state index contributed by atoms with van der Waals surface area (Å²) in [7, 11) is 0. The molecule has 1 aromatic rings. The van der Waals surface area contributed by atoms with Crippen LogP contribution in [0.4, 0.5) is 0 Å². The van der Waals surface area contributed by atoms with E-state index >= 15 is 0 Å². The van der Waals surface area contributed by atoms with Crippen LogP contribution in [0.25, 0.3) is 6.20 Å². The van der Waals surface area contributed by atoms with Crippen molar-refractivity contribution in [3.63, 3.8) is 0 Å². The summed E-state index contributed by atoms with van der Waals surface area (Å²) in [6, 6.07) is 0. The number of nitrogens with zero attached hydrogens (tertiary/aromatic N) is 2. The molecule has 0 fully saturated rings. The molecular weight excluding hydrogens is 136 g/mol. The Morgan fingerprint density at radius 1 is 1.55 bits per heavy atom. The van der Waals surface area contributed by atoms with Crippen molar-refractivity contribution in [3.8, 4) is 0 Å². The standard InChI is InChI=1S/C9H14N2/c1-5-9-7(3)11(6-2)8(4)10-9/h6H,2,5H2,1,3-4H3. The lowest BCUT2D eigenvalue weighted by Gasteiger charge is -1.97. The molecule has 0 saturated carbocycles. The average molecular weight is 150 g/mol. The largest absolute Gasteiger partial charge is 0.308 e. The fourth-order valence-corrected chi connectivity index (χ4v) is 1.32. The van der Waals surface area contributed by atoms with Crippen LogP contribution in [0.3, 0.4) is 0 Å². The number of rotatable bonds is 2. The molecule has 1 heterocycles. The molecular formula is C9H14N2. The predicted octanol–water partition coefficient (Wildman–Crippen LogP) is 2.16. The van der Waals surface area contributed by atoms with Crippen LogP contribution in [0.5, 0.6) is 0 Å². The van der Waals surface area contributed by atoms with Crippen LogP contribution in [-0.2, 0) is 6.42 Å². The summed E-state index contributed by atoms with van der Waals surface area (Å²) in [6.45, 7) is 9.90. The highest BCUT2D eigenvalue weighted by atomic mass is 15.1. The zero-order valence-corrected chi connectivity index (χ0v) is 7.39. The topological polar surface area (TPSA) is 17.8 Å². The highest BCUT2D eigenvalue weighted by Crippen LogP contribution is 2.10. The van der Waals surface area contributed by atoms with Crippen LogP contribution in [0.2, 0.25) is 0 Å². The Balaban J connectivity index is 3.24. The SMILES string of the molecule is C=Cn1c(C)nc(CC)c1C. The second kappa shape index (κ2) is 2.91. The smallest absolute Gasteiger partial charge is 0.110 e. The van der Waals surface area contributed by atoms with Gasteiger partial charge in [0.15, 0.2) is 0 Å². The van der Waals surface area contributed by atoms with Gasteiger partial charge in [-0.15, -0.1) is 0 Å². The van der Waals surface area contributed by atoms with Gasteiger partial charge >= 0.3 is 0 Å². The lowest BCUT2D eigenvalue weighted by atomic mass is 10.3. The van der Waals surface area contributed by atoms with E-state index < -0.39 is 0 Å². The van der Waals surface area contributed by atoms with Crippen LogP contribution < -0.4 is 0 Å². The highest BCUT2D eigenvalue weighted by molar-refractivity contribution is 5.29. The molecule has 1 aromatic heterocycles. The van der Waals surface area contributed by atoms with E-state index in [1.165, 1.54) is 11.4 Å². The molecule has 0 amide bonds. The molecule has 0 unspecified atom stereocenters. The maximum atomic E-state index is 4.39. The Morgan fingerprint density at radius 3 is 2.45 bits per heavy atom. The minimum Gasteiger partial charge on any atom is -0.308 e. The molecule has 0 N–H and O–H groups in total. The summed E-state index contributed by atoms with van der Waals surface area (Å²) in [5.41, 5.74) is 2.38. The Kier molecular flexibility index (Phi) is 2.13. The van der Waals surface area contributed by atoms with Crippen molar-refractivity contribution < 1.29 is 0 Å². The van der Waals surface area contributed by atoms with Gasteiger partial charge in [-0.05, 0) is 20.3 Å². The molecule has 0 aliphatic rings. The molecule has 0 aliphatic carbocycles. The third-order valence-electron chi connectivity index (χ3n) is 1.94. The molecule has 0 bridgehead atoms. The Hall–Kier alpha value is -1.05. The van der Waals surface area contributed by atoms with Gasteiger partial charge in [-0.3, -0.25) is 0 Å². The van der Waals surface area contributed by atoms with Gasteiger partial charge in [-0.25, -0.2) is 4.98 Å². The first-order chi connectivity index (χ1) is 5.20. The van der Waals surface area contributed by atoms with Crippen molar-refractivity contribution in [2.75, 3.05) is 0 Å². The third kappa shape index (κ3) is 1.20. The number of hydrogen-bond acceptors (Lipinski definition) is 1. The maximum absolute atomic E-state index is 4.39. The monoisotopic (exact) mass is 150 g/mol. The summed E-state index contributed by atoms with van der Waals surface area (Å²) in [6.07, 6.45) is 2.80. The summed E-state index contributed by atoms with van der Waals surface area (Å²) in [5.74, 6) is 1.02. The van der Waals surface area contributed by atoms with Gasteiger partial charge in [0.25, 0.3) is 0 Å². The first kappa shape index (κ1) is 8.05. The van der Waals surface area contributed by atoms with E-state index in [-0.39, 0.29) is 0 Å². The van der Waals surface area contributed by atoms with Crippen LogP contribution in [0.1, 0.15) is 24.1 Å². The summed E-state index contributed by atoms with van der Waals surface area (Å²) in [5, 5.41) is 0. The number of imidazole rings is 1. The lowest BCUT2D eigenvalue weighted by molar-refractivity contribution is 0.997. The normalized spacial score (nSPS) is 10.1. The van der Waals surface area contributed by atoms with Crippen molar-refractivity contribution in [3.05, 3.63) is 23.8 Å². The van der Waals surface area contributed by atoms with Gasteiger partial charge in [0.2, 0.25) is 0 Å². The van der Waals surface area contributed by atoms with Gasteiger partial charge < -0.3 is 4.57 Å². The molecule has 2 heteroatoms. The Bertz CT molecular complexity index is 271. The molecule has 1 rings (SSSR count). The molecule has 2 nitrogen and oxygen atoms in total. The Morgan fingerprint density at radius 2 is 2.18 bits per heavy atom. The van der Waals surface area contributed by atoms with Gasteiger partial charge in [-0.1, -0.05) is 13.5 Å². The first-order valence-electron chi connectivity index (χ1n) is 3.87. The second-order valence-corrected chi connectivity index (χ2v) is 2.60. The van der Waals surface area contributed by atoms with Gasteiger partial charge in [0.05, 0.1) is 5.69 Å². The van der Waals surface area contributed by atoms with Crippen LogP contribution in [0.15, 0.2) is 6.58 Å². The number of aromatic nitrogens is 2. The average Bonchev–Trinajstić information content (AvgIpc) is 2.26.